The summed E-state index contributed by atoms with van der Waals surface area (Å²) in [6, 6.07) is 1.42. The van der Waals surface area contributed by atoms with Gasteiger partial charge in [-0.05, 0) is 38.3 Å². The topological polar surface area (TPSA) is 33.3 Å². The van der Waals surface area contributed by atoms with Crippen LogP contribution in [-0.2, 0) is 4.74 Å². The third-order valence-electron chi connectivity index (χ3n) is 3.43. The Morgan fingerprint density at radius 3 is 2.71 bits per heavy atom. The van der Waals surface area contributed by atoms with E-state index in [4.69, 9.17) is 4.74 Å². The largest absolute Gasteiger partial charge is 0.381 e. The molecule has 0 aromatic heterocycles. The monoisotopic (exact) mass is 198 g/mol. The number of ether oxygens (including phenoxy) is 1. The molecule has 0 aromatic rings. The van der Waals surface area contributed by atoms with Crippen molar-refractivity contribution in [1.82, 2.24) is 10.6 Å². The first-order valence-corrected chi connectivity index (χ1v) is 5.91. The van der Waals surface area contributed by atoms with Gasteiger partial charge in [0.2, 0.25) is 0 Å². The Hall–Kier alpha value is -0.120. The molecule has 0 aromatic carbocycles. The van der Waals surface area contributed by atoms with Crippen molar-refractivity contribution in [2.45, 2.75) is 38.3 Å². The lowest BCUT2D eigenvalue weighted by molar-refractivity contribution is 0.0346. The first-order valence-electron chi connectivity index (χ1n) is 5.91. The molecule has 2 aliphatic rings. The van der Waals surface area contributed by atoms with Gasteiger partial charge in [0.05, 0.1) is 6.61 Å². The molecule has 2 N–H and O–H groups in total. The molecule has 2 aliphatic heterocycles. The molecule has 2 heterocycles. The highest BCUT2D eigenvalue weighted by atomic mass is 16.5. The Labute approximate surface area is 86.6 Å². The second kappa shape index (κ2) is 5.10. The average Bonchev–Trinajstić information content (AvgIpc) is 2.23. The Bertz CT molecular complexity index is 169. The summed E-state index contributed by atoms with van der Waals surface area (Å²) in [5.74, 6) is 0.679. The highest BCUT2D eigenvalue weighted by Gasteiger charge is 2.24. The maximum Gasteiger partial charge on any atom is 0.0506 e. The Morgan fingerprint density at radius 2 is 2.00 bits per heavy atom. The molecule has 2 fully saturated rings. The lowest BCUT2D eigenvalue weighted by Crippen LogP contribution is -2.49. The summed E-state index contributed by atoms with van der Waals surface area (Å²) in [5, 5.41) is 7.19. The van der Waals surface area contributed by atoms with Crippen LogP contribution in [0.4, 0.5) is 0 Å². The molecule has 0 unspecified atom stereocenters. The molecular weight excluding hydrogens is 176 g/mol. The van der Waals surface area contributed by atoms with Gasteiger partial charge in [0.1, 0.15) is 0 Å². The smallest absolute Gasteiger partial charge is 0.0506 e. The molecule has 2 saturated heterocycles. The molecule has 2 rings (SSSR count). The van der Waals surface area contributed by atoms with Gasteiger partial charge in [0.15, 0.2) is 0 Å². The standard InChI is InChI=1S/C11H22N2O/c1-9-8-14-7-4-11(9)13-10-2-5-12-6-3-10/h9-13H,2-8H2,1H3/t9-,11+/m1/s1. The molecule has 82 valence electrons. The van der Waals surface area contributed by atoms with E-state index in [2.05, 4.69) is 17.6 Å². The number of piperidine rings is 1. The molecule has 0 radical (unpaired) electrons. The van der Waals surface area contributed by atoms with Gasteiger partial charge in [-0.15, -0.1) is 0 Å². The van der Waals surface area contributed by atoms with Crippen LogP contribution in [0.15, 0.2) is 0 Å². The van der Waals surface area contributed by atoms with Crippen LogP contribution in [-0.4, -0.2) is 38.4 Å². The van der Waals surface area contributed by atoms with Crippen LogP contribution in [0.3, 0.4) is 0 Å². The minimum atomic E-state index is 0.679. The molecule has 0 spiro atoms. The van der Waals surface area contributed by atoms with Crippen molar-refractivity contribution in [2.24, 2.45) is 5.92 Å². The highest BCUT2D eigenvalue weighted by Crippen LogP contribution is 2.16. The van der Waals surface area contributed by atoms with E-state index in [1.54, 1.807) is 0 Å². The zero-order chi connectivity index (χ0) is 9.80. The number of hydrogen-bond donors (Lipinski definition) is 2. The lowest BCUT2D eigenvalue weighted by Gasteiger charge is -2.34. The predicted octanol–water partition coefficient (Wildman–Crippen LogP) is 0.753. The Kier molecular flexibility index (Phi) is 3.79. The molecule has 3 heteroatoms. The van der Waals surface area contributed by atoms with Gasteiger partial charge in [-0.25, -0.2) is 0 Å². The van der Waals surface area contributed by atoms with Gasteiger partial charge >= 0.3 is 0 Å². The normalized spacial score (nSPS) is 35.8. The van der Waals surface area contributed by atoms with E-state index in [9.17, 15) is 0 Å². The quantitative estimate of drug-likeness (QED) is 0.687. The fourth-order valence-electron chi connectivity index (χ4n) is 2.42. The van der Waals surface area contributed by atoms with E-state index >= 15 is 0 Å². The van der Waals surface area contributed by atoms with Crippen LogP contribution < -0.4 is 10.6 Å². The SMILES string of the molecule is C[C@@H]1COCC[C@@H]1NC1CCNCC1. The van der Waals surface area contributed by atoms with E-state index in [1.165, 1.54) is 32.4 Å². The molecule has 0 bridgehead atoms. The summed E-state index contributed by atoms with van der Waals surface area (Å²) in [4.78, 5) is 0. The zero-order valence-electron chi connectivity index (χ0n) is 9.09. The molecule has 0 aliphatic carbocycles. The van der Waals surface area contributed by atoms with E-state index in [0.717, 1.165) is 19.3 Å². The van der Waals surface area contributed by atoms with Gasteiger partial charge in [-0.3, -0.25) is 0 Å². The summed E-state index contributed by atoms with van der Waals surface area (Å²) >= 11 is 0. The second-order valence-corrected chi connectivity index (χ2v) is 4.64. The molecule has 14 heavy (non-hydrogen) atoms. The van der Waals surface area contributed by atoms with Crippen molar-refractivity contribution in [3.8, 4) is 0 Å². The van der Waals surface area contributed by atoms with Crippen molar-refractivity contribution in [3.05, 3.63) is 0 Å². The van der Waals surface area contributed by atoms with Crippen molar-refractivity contribution in [3.63, 3.8) is 0 Å². The molecule has 0 saturated carbocycles. The number of nitrogens with one attached hydrogen (secondary N) is 2. The van der Waals surface area contributed by atoms with Gasteiger partial charge in [-0.2, -0.15) is 0 Å². The minimum Gasteiger partial charge on any atom is -0.381 e. The van der Waals surface area contributed by atoms with E-state index in [-0.39, 0.29) is 0 Å². The van der Waals surface area contributed by atoms with E-state index in [1.807, 2.05) is 0 Å². The van der Waals surface area contributed by atoms with Crippen molar-refractivity contribution in [1.29, 1.82) is 0 Å². The van der Waals surface area contributed by atoms with Gasteiger partial charge in [0, 0.05) is 18.7 Å². The van der Waals surface area contributed by atoms with Gasteiger partial charge in [-0.1, -0.05) is 6.92 Å². The van der Waals surface area contributed by atoms with Gasteiger partial charge < -0.3 is 15.4 Å². The summed E-state index contributed by atoms with van der Waals surface area (Å²) < 4.78 is 5.45. The lowest BCUT2D eigenvalue weighted by atomic mass is 9.95. The predicted molar refractivity (Wildman–Crippen MR) is 57.4 cm³/mol. The third kappa shape index (κ3) is 2.69. The van der Waals surface area contributed by atoms with E-state index in [0.29, 0.717) is 12.0 Å². The van der Waals surface area contributed by atoms with Crippen molar-refractivity contribution in [2.75, 3.05) is 26.3 Å². The summed E-state index contributed by atoms with van der Waals surface area (Å²) in [5.41, 5.74) is 0. The van der Waals surface area contributed by atoms with Crippen LogP contribution >= 0.6 is 0 Å². The van der Waals surface area contributed by atoms with Crippen LogP contribution in [0.1, 0.15) is 26.2 Å². The van der Waals surface area contributed by atoms with Crippen molar-refractivity contribution >= 4 is 0 Å². The Balaban J connectivity index is 1.76. The molecular formula is C11H22N2O. The van der Waals surface area contributed by atoms with E-state index < -0.39 is 0 Å². The third-order valence-corrected chi connectivity index (χ3v) is 3.43. The molecule has 0 amide bonds. The summed E-state index contributed by atoms with van der Waals surface area (Å²) in [7, 11) is 0. The van der Waals surface area contributed by atoms with Gasteiger partial charge in [0.25, 0.3) is 0 Å². The van der Waals surface area contributed by atoms with Crippen LogP contribution in [0.25, 0.3) is 0 Å². The summed E-state index contributed by atoms with van der Waals surface area (Å²) in [6.07, 6.45) is 3.75. The van der Waals surface area contributed by atoms with Crippen LogP contribution in [0.5, 0.6) is 0 Å². The minimum absolute atomic E-state index is 0.679. The van der Waals surface area contributed by atoms with Crippen molar-refractivity contribution < 1.29 is 4.74 Å². The van der Waals surface area contributed by atoms with Crippen LogP contribution in [0.2, 0.25) is 0 Å². The van der Waals surface area contributed by atoms with Crippen LogP contribution in [0, 0.1) is 5.92 Å². The molecule has 2 atom stereocenters. The number of rotatable bonds is 2. The maximum atomic E-state index is 5.45. The first kappa shape index (κ1) is 10.4. The first-order chi connectivity index (χ1) is 6.86. The zero-order valence-corrected chi connectivity index (χ0v) is 9.09. The Morgan fingerprint density at radius 1 is 1.21 bits per heavy atom. The number of hydrogen-bond acceptors (Lipinski definition) is 3. The second-order valence-electron chi connectivity index (χ2n) is 4.64. The highest BCUT2D eigenvalue weighted by molar-refractivity contribution is 4.83. The summed E-state index contributed by atoms with van der Waals surface area (Å²) in [6.45, 7) is 6.51. The fourth-order valence-corrected chi connectivity index (χ4v) is 2.42. The maximum absolute atomic E-state index is 5.45. The fraction of sp³-hybridized carbons (Fsp3) is 1.00. The molecule has 3 nitrogen and oxygen atoms in total. The average molecular weight is 198 g/mol.